The average Bonchev–Trinajstić information content (AvgIpc) is 3.51. The highest BCUT2D eigenvalue weighted by atomic mass is 35.5. The summed E-state index contributed by atoms with van der Waals surface area (Å²) in [5.74, 6) is 1.93. The van der Waals surface area contributed by atoms with E-state index in [0.717, 1.165) is 78.5 Å². The fourth-order valence-corrected chi connectivity index (χ4v) is 5.26. The van der Waals surface area contributed by atoms with Gasteiger partial charge in [-0.1, -0.05) is 32.1 Å². The summed E-state index contributed by atoms with van der Waals surface area (Å²) in [5, 5.41) is 10.5. The second-order valence-corrected chi connectivity index (χ2v) is 9.47. The molecule has 1 saturated carbocycles. The molecule has 1 atom stereocenters. The van der Waals surface area contributed by atoms with Crippen molar-refractivity contribution in [2.75, 3.05) is 13.2 Å². The van der Waals surface area contributed by atoms with Gasteiger partial charge in [0.05, 0.1) is 24.9 Å². The molecule has 180 valence electrons. The van der Waals surface area contributed by atoms with E-state index >= 15 is 0 Å². The van der Waals surface area contributed by atoms with Crippen molar-refractivity contribution in [2.45, 2.75) is 70.9 Å². The molecular weight excluding hydrogens is 448 g/mol. The number of fused-ring (bicyclic) bond motifs is 1. The van der Waals surface area contributed by atoms with Crippen LogP contribution in [0.5, 0.6) is 5.75 Å². The van der Waals surface area contributed by atoms with Gasteiger partial charge in [0, 0.05) is 23.8 Å². The van der Waals surface area contributed by atoms with Gasteiger partial charge in [-0.2, -0.15) is 5.26 Å². The van der Waals surface area contributed by atoms with E-state index in [4.69, 9.17) is 9.47 Å². The minimum absolute atomic E-state index is 0. The van der Waals surface area contributed by atoms with Gasteiger partial charge in [0.2, 0.25) is 5.82 Å². The molecule has 1 aromatic carbocycles. The molecule has 3 aromatic rings. The van der Waals surface area contributed by atoms with Gasteiger partial charge in [-0.3, -0.25) is 0 Å². The molecule has 5 rings (SSSR count). The highest BCUT2D eigenvalue weighted by molar-refractivity contribution is 5.91. The topological polar surface area (TPSA) is 73.0 Å². The Labute approximate surface area is 207 Å². The Morgan fingerprint density at radius 2 is 1.97 bits per heavy atom. The molecule has 0 radical (unpaired) electrons. The van der Waals surface area contributed by atoms with Crippen molar-refractivity contribution in [3.05, 3.63) is 41.9 Å². The molecule has 34 heavy (non-hydrogen) atoms. The molecular formula is C27H33ClN4O2. The number of aryl methyl sites for hydroxylation is 1. The van der Waals surface area contributed by atoms with Crippen molar-refractivity contribution < 1.29 is 9.47 Å². The van der Waals surface area contributed by atoms with Crippen LogP contribution < -0.4 is 4.74 Å². The fourth-order valence-electron chi connectivity index (χ4n) is 5.26. The van der Waals surface area contributed by atoms with Crippen LogP contribution in [-0.2, 0) is 11.3 Å². The maximum absolute atomic E-state index is 9.56. The molecule has 0 spiro atoms. The van der Waals surface area contributed by atoms with Crippen LogP contribution in [0.25, 0.3) is 22.3 Å². The van der Waals surface area contributed by atoms with Gasteiger partial charge in [-0.15, -0.1) is 12.4 Å². The molecule has 3 heterocycles. The normalized spacial score (nSPS) is 18.5. The third-order valence-electron chi connectivity index (χ3n) is 7.10. The number of aromatic nitrogens is 3. The number of hydrogen-bond acceptors (Lipinski definition) is 5. The maximum Gasteiger partial charge on any atom is 0.234 e. The lowest BCUT2D eigenvalue weighted by atomic mass is 9.87. The van der Waals surface area contributed by atoms with Gasteiger partial charge in [0.15, 0.2) is 0 Å². The van der Waals surface area contributed by atoms with E-state index in [1.165, 1.54) is 32.1 Å². The fraction of sp³-hybridized carbons (Fsp3) is 0.519. The predicted octanol–water partition coefficient (Wildman–Crippen LogP) is 6.23. The smallest absolute Gasteiger partial charge is 0.234 e. The first kappa shape index (κ1) is 24.5. The zero-order valence-electron chi connectivity index (χ0n) is 19.8. The summed E-state index contributed by atoms with van der Waals surface area (Å²) < 4.78 is 14.0. The van der Waals surface area contributed by atoms with Crippen LogP contribution in [-0.4, -0.2) is 33.9 Å². The Hall–Kier alpha value is -2.62. The zero-order valence-corrected chi connectivity index (χ0v) is 20.6. The Kier molecular flexibility index (Phi) is 8.07. The van der Waals surface area contributed by atoms with E-state index in [1.807, 2.05) is 24.4 Å². The molecule has 0 amide bonds. The maximum atomic E-state index is 9.56. The molecule has 1 aliphatic carbocycles. The van der Waals surface area contributed by atoms with Crippen LogP contribution in [0, 0.1) is 24.2 Å². The molecule has 1 aliphatic heterocycles. The molecule has 0 N–H and O–H groups in total. The third kappa shape index (κ3) is 5.37. The minimum Gasteiger partial charge on any atom is -0.493 e. The van der Waals surface area contributed by atoms with E-state index in [1.54, 1.807) is 0 Å². The SMILES string of the molecule is Cc1cc(-c2nc(C#N)nc3c2ccn3CC2CCCO2)ccc1OCCC1CCCCC1.Cl. The van der Waals surface area contributed by atoms with Crippen molar-refractivity contribution in [3.8, 4) is 23.1 Å². The highest BCUT2D eigenvalue weighted by Gasteiger charge is 2.20. The zero-order chi connectivity index (χ0) is 22.6. The number of hydrogen-bond donors (Lipinski definition) is 0. The molecule has 2 fully saturated rings. The van der Waals surface area contributed by atoms with E-state index < -0.39 is 0 Å². The van der Waals surface area contributed by atoms with Crippen LogP contribution in [0.1, 0.15) is 62.8 Å². The number of nitrogens with zero attached hydrogens (tertiary/aromatic N) is 4. The van der Waals surface area contributed by atoms with Crippen molar-refractivity contribution in [1.82, 2.24) is 14.5 Å². The predicted molar refractivity (Wildman–Crippen MR) is 135 cm³/mol. The lowest BCUT2D eigenvalue weighted by molar-refractivity contribution is 0.0979. The quantitative estimate of drug-likeness (QED) is 0.400. The first-order chi connectivity index (χ1) is 16.2. The van der Waals surface area contributed by atoms with E-state index in [2.05, 4.69) is 33.6 Å². The molecule has 2 aromatic heterocycles. The summed E-state index contributed by atoms with van der Waals surface area (Å²) >= 11 is 0. The second kappa shape index (κ2) is 11.2. The lowest BCUT2D eigenvalue weighted by Crippen LogP contribution is -2.14. The number of halogens is 1. The summed E-state index contributed by atoms with van der Waals surface area (Å²) in [6.45, 7) is 4.42. The monoisotopic (exact) mass is 480 g/mol. The van der Waals surface area contributed by atoms with Crippen molar-refractivity contribution >= 4 is 23.4 Å². The van der Waals surface area contributed by atoms with Gasteiger partial charge >= 0.3 is 0 Å². The van der Waals surface area contributed by atoms with Crippen LogP contribution in [0.2, 0.25) is 0 Å². The van der Waals surface area contributed by atoms with E-state index in [9.17, 15) is 5.26 Å². The average molecular weight is 481 g/mol. The van der Waals surface area contributed by atoms with Gasteiger partial charge < -0.3 is 14.0 Å². The number of benzene rings is 1. The van der Waals surface area contributed by atoms with Crippen molar-refractivity contribution in [2.24, 2.45) is 5.92 Å². The van der Waals surface area contributed by atoms with E-state index in [0.29, 0.717) is 0 Å². The summed E-state index contributed by atoms with van der Waals surface area (Å²) in [6.07, 6.45) is 12.3. The molecule has 7 heteroatoms. The van der Waals surface area contributed by atoms with Crippen LogP contribution in [0.3, 0.4) is 0 Å². The van der Waals surface area contributed by atoms with Gasteiger partial charge in [0.25, 0.3) is 0 Å². The first-order valence-electron chi connectivity index (χ1n) is 12.3. The summed E-state index contributed by atoms with van der Waals surface area (Å²) in [5.41, 5.74) is 3.64. The van der Waals surface area contributed by atoms with Crippen LogP contribution >= 0.6 is 12.4 Å². The Bertz CT molecular complexity index is 1160. The van der Waals surface area contributed by atoms with E-state index in [-0.39, 0.29) is 24.3 Å². The van der Waals surface area contributed by atoms with Crippen LogP contribution in [0.4, 0.5) is 0 Å². The second-order valence-electron chi connectivity index (χ2n) is 9.47. The molecule has 2 aliphatic rings. The molecule has 0 bridgehead atoms. The Morgan fingerprint density at radius 3 is 2.71 bits per heavy atom. The van der Waals surface area contributed by atoms with Gasteiger partial charge in [-0.25, -0.2) is 9.97 Å². The molecule has 1 unspecified atom stereocenters. The number of nitriles is 1. The van der Waals surface area contributed by atoms with Crippen molar-refractivity contribution in [1.29, 1.82) is 5.26 Å². The Balaban J connectivity index is 0.00000274. The van der Waals surface area contributed by atoms with Gasteiger partial charge in [-0.05, 0) is 61.9 Å². The number of rotatable bonds is 7. The number of ether oxygens (including phenoxy) is 2. The molecule has 1 saturated heterocycles. The van der Waals surface area contributed by atoms with Gasteiger partial charge in [0.1, 0.15) is 17.5 Å². The summed E-state index contributed by atoms with van der Waals surface area (Å²) in [4.78, 5) is 9.09. The third-order valence-corrected chi connectivity index (χ3v) is 7.10. The largest absolute Gasteiger partial charge is 0.493 e. The first-order valence-corrected chi connectivity index (χ1v) is 12.3. The Morgan fingerprint density at radius 1 is 1.12 bits per heavy atom. The summed E-state index contributed by atoms with van der Waals surface area (Å²) in [7, 11) is 0. The lowest BCUT2D eigenvalue weighted by Gasteiger charge is -2.21. The molecule has 6 nitrogen and oxygen atoms in total. The highest BCUT2D eigenvalue weighted by Crippen LogP contribution is 2.32. The van der Waals surface area contributed by atoms with Crippen molar-refractivity contribution in [3.63, 3.8) is 0 Å². The summed E-state index contributed by atoms with van der Waals surface area (Å²) in [6, 6.07) is 10.4. The standard InChI is InChI=1S/C27H32N4O2.ClH/c1-19-16-21(9-10-24(19)33-15-12-20-6-3-2-4-7-20)26-23-11-13-31(18-22-8-5-14-32-22)27(23)30-25(17-28)29-26;/h9-11,13,16,20,22H,2-8,12,14-15,18H2,1H3;1H. The van der Waals surface area contributed by atoms with Crippen LogP contribution in [0.15, 0.2) is 30.5 Å². The minimum atomic E-state index is 0.